The number of imide groups is 1. The average molecular weight is 362 g/mol. The van der Waals surface area contributed by atoms with E-state index in [2.05, 4.69) is 5.32 Å². The molecule has 2 N–H and O–H groups in total. The van der Waals surface area contributed by atoms with Crippen LogP contribution in [0.5, 0.6) is 0 Å². The molecule has 0 bridgehead atoms. The van der Waals surface area contributed by atoms with Crippen LogP contribution in [0.25, 0.3) is 0 Å². The third-order valence-corrected chi connectivity index (χ3v) is 5.65. The van der Waals surface area contributed by atoms with Gasteiger partial charge in [0.2, 0.25) is 0 Å². The Balaban J connectivity index is 1.89. The molecule has 1 aromatic carbocycles. The summed E-state index contributed by atoms with van der Waals surface area (Å²) in [5.74, 6) is -0.730. The van der Waals surface area contributed by atoms with Gasteiger partial charge in [0, 0.05) is 0 Å². The van der Waals surface area contributed by atoms with Crippen molar-refractivity contribution in [2.75, 3.05) is 6.54 Å². The number of halogens is 1. The minimum absolute atomic E-state index is 0.0206. The lowest BCUT2D eigenvalue weighted by atomic mass is 9.83. The number of unbranched alkanes of at least 4 members (excludes halogenated alkanes) is 1. The smallest absolute Gasteiger partial charge is 0.325 e. The van der Waals surface area contributed by atoms with Crippen LogP contribution in [0.15, 0.2) is 24.3 Å². The maximum Gasteiger partial charge on any atom is 0.325 e. The molecule has 0 spiro atoms. The number of benzene rings is 1. The van der Waals surface area contributed by atoms with Crippen LogP contribution < -0.4 is 5.32 Å². The van der Waals surface area contributed by atoms with E-state index in [4.69, 9.17) is 0 Å². The number of nitrogens with one attached hydrogen (secondary N) is 1. The maximum absolute atomic E-state index is 13.3. The standard InChI is InChI=1S/C20H27FN2O3/c1-2-3-13-20(15-7-9-16(21)10-8-15)17(24)23(18(25)22-20)14-19(26)11-5-4-6-12-19/h7-10,26H,2-6,11-14H2,1H3,(H,22,25). The summed E-state index contributed by atoms with van der Waals surface area (Å²) in [6, 6.07) is 5.25. The molecule has 1 unspecified atom stereocenters. The first-order valence-electron chi connectivity index (χ1n) is 9.53. The van der Waals surface area contributed by atoms with E-state index in [1.165, 1.54) is 12.1 Å². The molecule has 3 amide bonds. The third-order valence-electron chi connectivity index (χ3n) is 5.65. The number of carbonyl (C=O) groups is 2. The van der Waals surface area contributed by atoms with Gasteiger partial charge in [-0.15, -0.1) is 0 Å². The molecule has 5 nitrogen and oxygen atoms in total. The molecule has 1 aromatic rings. The molecular formula is C20H27FN2O3. The van der Waals surface area contributed by atoms with Gasteiger partial charge in [-0.3, -0.25) is 9.69 Å². The van der Waals surface area contributed by atoms with Crippen LogP contribution in [-0.4, -0.2) is 34.1 Å². The summed E-state index contributed by atoms with van der Waals surface area (Å²) in [5, 5.41) is 13.6. The second-order valence-electron chi connectivity index (χ2n) is 7.62. The van der Waals surface area contributed by atoms with Gasteiger partial charge in [-0.1, -0.05) is 51.2 Å². The van der Waals surface area contributed by atoms with Gasteiger partial charge in [-0.25, -0.2) is 9.18 Å². The van der Waals surface area contributed by atoms with Crippen LogP contribution in [0.1, 0.15) is 63.9 Å². The van der Waals surface area contributed by atoms with Gasteiger partial charge in [0.05, 0.1) is 12.1 Å². The minimum Gasteiger partial charge on any atom is -0.388 e. The SMILES string of the molecule is CCCCC1(c2ccc(F)cc2)NC(=O)N(CC2(O)CCCCC2)C1=O. The van der Waals surface area contributed by atoms with Crippen molar-refractivity contribution in [3.63, 3.8) is 0 Å². The number of carbonyl (C=O) groups excluding carboxylic acids is 2. The second-order valence-corrected chi connectivity index (χ2v) is 7.62. The van der Waals surface area contributed by atoms with Crippen molar-refractivity contribution >= 4 is 11.9 Å². The first kappa shape index (κ1) is 18.8. The average Bonchev–Trinajstić information content (AvgIpc) is 2.86. The largest absolute Gasteiger partial charge is 0.388 e. The molecule has 1 atom stereocenters. The lowest BCUT2D eigenvalue weighted by molar-refractivity contribution is -0.135. The van der Waals surface area contributed by atoms with E-state index in [1.54, 1.807) is 12.1 Å². The lowest BCUT2D eigenvalue weighted by Crippen LogP contribution is -2.48. The molecule has 26 heavy (non-hydrogen) atoms. The summed E-state index contributed by atoms with van der Waals surface area (Å²) in [6.07, 6.45) is 6.15. The highest BCUT2D eigenvalue weighted by atomic mass is 19.1. The molecule has 1 saturated heterocycles. The lowest BCUT2D eigenvalue weighted by Gasteiger charge is -2.35. The Kier molecular flexibility index (Phi) is 5.32. The van der Waals surface area contributed by atoms with E-state index in [1.807, 2.05) is 6.92 Å². The number of amides is 3. The fraction of sp³-hybridized carbons (Fsp3) is 0.600. The Bertz CT molecular complexity index is 670. The first-order valence-corrected chi connectivity index (χ1v) is 9.53. The maximum atomic E-state index is 13.3. The van der Waals surface area contributed by atoms with Gasteiger partial charge in [0.1, 0.15) is 11.4 Å². The van der Waals surface area contributed by atoms with Gasteiger partial charge in [-0.05, 0) is 37.0 Å². The third kappa shape index (κ3) is 3.47. The Hall–Kier alpha value is -1.95. The summed E-state index contributed by atoms with van der Waals surface area (Å²) >= 11 is 0. The summed E-state index contributed by atoms with van der Waals surface area (Å²) in [6.45, 7) is 2.04. The number of β-amino-alcohol motifs (C(OH)–C–C–N with tert-alkyl or cyclic N) is 1. The van der Waals surface area contributed by atoms with E-state index in [-0.39, 0.29) is 18.3 Å². The Morgan fingerprint density at radius 2 is 1.81 bits per heavy atom. The Morgan fingerprint density at radius 1 is 1.15 bits per heavy atom. The van der Waals surface area contributed by atoms with Crippen molar-refractivity contribution in [2.45, 2.75) is 69.4 Å². The molecule has 3 rings (SSSR count). The summed E-state index contributed by atoms with van der Waals surface area (Å²) < 4.78 is 13.3. The van der Waals surface area contributed by atoms with E-state index < -0.39 is 17.2 Å². The normalized spacial score (nSPS) is 25.4. The first-order chi connectivity index (χ1) is 12.4. The van der Waals surface area contributed by atoms with Crippen LogP contribution in [-0.2, 0) is 10.3 Å². The molecule has 1 aliphatic heterocycles. The van der Waals surface area contributed by atoms with Crippen molar-refractivity contribution in [3.8, 4) is 0 Å². The topological polar surface area (TPSA) is 69.6 Å². The van der Waals surface area contributed by atoms with Crippen LogP contribution in [0.2, 0.25) is 0 Å². The summed E-state index contributed by atoms with van der Waals surface area (Å²) in [5.41, 5.74) is -1.59. The molecule has 142 valence electrons. The van der Waals surface area contributed by atoms with Gasteiger partial charge in [0.15, 0.2) is 0 Å². The highest BCUT2D eigenvalue weighted by Crippen LogP contribution is 2.37. The number of urea groups is 1. The second kappa shape index (κ2) is 7.35. The van der Waals surface area contributed by atoms with Gasteiger partial charge in [-0.2, -0.15) is 0 Å². The zero-order chi connectivity index (χ0) is 18.8. The quantitative estimate of drug-likeness (QED) is 0.762. The van der Waals surface area contributed by atoms with Crippen LogP contribution in [0.3, 0.4) is 0 Å². The van der Waals surface area contributed by atoms with Crippen molar-refractivity contribution < 1.29 is 19.1 Å². The predicted octanol–water partition coefficient (Wildman–Crippen LogP) is 3.46. The van der Waals surface area contributed by atoms with Gasteiger partial charge in [0.25, 0.3) is 5.91 Å². The van der Waals surface area contributed by atoms with Gasteiger partial charge >= 0.3 is 6.03 Å². The monoisotopic (exact) mass is 362 g/mol. The molecule has 1 saturated carbocycles. The fourth-order valence-corrected chi connectivity index (χ4v) is 4.12. The van der Waals surface area contributed by atoms with E-state index in [0.717, 1.165) is 37.0 Å². The summed E-state index contributed by atoms with van der Waals surface area (Å²) in [7, 11) is 0. The molecule has 2 fully saturated rings. The molecular weight excluding hydrogens is 335 g/mol. The number of hydrogen-bond donors (Lipinski definition) is 2. The van der Waals surface area contributed by atoms with Crippen LogP contribution >= 0.6 is 0 Å². The Morgan fingerprint density at radius 3 is 2.42 bits per heavy atom. The van der Waals surface area contributed by atoms with Crippen molar-refractivity contribution in [3.05, 3.63) is 35.6 Å². The summed E-state index contributed by atoms with van der Waals surface area (Å²) in [4.78, 5) is 27.1. The number of rotatable bonds is 6. The zero-order valence-electron chi connectivity index (χ0n) is 15.3. The van der Waals surface area contributed by atoms with E-state index in [0.29, 0.717) is 24.8 Å². The molecule has 2 aliphatic rings. The highest BCUT2D eigenvalue weighted by molar-refractivity contribution is 6.07. The minimum atomic E-state index is -1.17. The van der Waals surface area contributed by atoms with Crippen molar-refractivity contribution in [1.82, 2.24) is 10.2 Å². The molecule has 0 radical (unpaired) electrons. The van der Waals surface area contributed by atoms with E-state index >= 15 is 0 Å². The number of hydrogen-bond acceptors (Lipinski definition) is 3. The fourth-order valence-electron chi connectivity index (χ4n) is 4.12. The van der Waals surface area contributed by atoms with Crippen LogP contribution in [0.4, 0.5) is 9.18 Å². The van der Waals surface area contributed by atoms with Crippen LogP contribution in [0, 0.1) is 5.82 Å². The molecule has 6 heteroatoms. The van der Waals surface area contributed by atoms with Gasteiger partial charge < -0.3 is 10.4 Å². The van der Waals surface area contributed by atoms with Crippen molar-refractivity contribution in [2.24, 2.45) is 0 Å². The van der Waals surface area contributed by atoms with E-state index in [9.17, 15) is 19.1 Å². The molecule has 1 heterocycles. The number of aliphatic hydroxyl groups is 1. The number of nitrogens with zero attached hydrogens (tertiary/aromatic N) is 1. The highest BCUT2D eigenvalue weighted by Gasteiger charge is 2.53. The predicted molar refractivity (Wildman–Crippen MR) is 95.9 cm³/mol. The zero-order valence-corrected chi connectivity index (χ0v) is 15.3. The molecule has 1 aliphatic carbocycles. The van der Waals surface area contributed by atoms with Crippen molar-refractivity contribution in [1.29, 1.82) is 0 Å². The molecule has 0 aromatic heterocycles. The Labute approximate surface area is 153 Å².